The number of morpholine rings is 1. The Morgan fingerprint density at radius 3 is 2.70 bits per heavy atom. The Morgan fingerprint density at radius 1 is 1.18 bits per heavy atom. The van der Waals surface area contributed by atoms with Gasteiger partial charge in [-0.25, -0.2) is 4.98 Å². The van der Waals surface area contributed by atoms with Gasteiger partial charge in [0.1, 0.15) is 10.7 Å². The molecular weight excluding hydrogens is 442 g/mol. The SMILES string of the molecule is O=C(Nc1nc(-c2ccco2)c(N2CCOCC2)s1)c1ccc(CN2CCC(O)CC2)nc1. The third-order valence-electron chi connectivity index (χ3n) is 5.91. The number of aliphatic hydroxyl groups excluding tert-OH is 1. The number of anilines is 2. The van der Waals surface area contributed by atoms with Crippen molar-refractivity contribution >= 4 is 27.4 Å². The maximum Gasteiger partial charge on any atom is 0.259 e. The quantitative estimate of drug-likeness (QED) is 0.568. The Hall–Kier alpha value is -2.79. The molecule has 3 aromatic rings. The van der Waals surface area contributed by atoms with E-state index in [0.29, 0.717) is 29.7 Å². The summed E-state index contributed by atoms with van der Waals surface area (Å²) in [5.41, 5.74) is 2.12. The van der Waals surface area contributed by atoms with Crippen LogP contribution in [0.2, 0.25) is 0 Å². The van der Waals surface area contributed by atoms with E-state index in [9.17, 15) is 9.90 Å². The first-order valence-corrected chi connectivity index (χ1v) is 12.0. The van der Waals surface area contributed by atoms with Gasteiger partial charge < -0.3 is 19.2 Å². The molecule has 2 aliphatic rings. The minimum absolute atomic E-state index is 0.191. The first kappa shape index (κ1) is 22.0. The van der Waals surface area contributed by atoms with Crippen molar-refractivity contribution in [1.82, 2.24) is 14.9 Å². The van der Waals surface area contributed by atoms with Crippen molar-refractivity contribution in [3.05, 3.63) is 48.0 Å². The molecule has 33 heavy (non-hydrogen) atoms. The maximum atomic E-state index is 12.9. The van der Waals surface area contributed by atoms with Gasteiger partial charge in [-0.2, -0.15) is 0 Å². The monoisotopic (exact) mass is 469 g/mol. The number of nitrogens with zero attached hydrogens (tertiary/aromatic N) is 4. The molecule has 0 radical (unpaired) electrons. The van der Waals surface area contributed by atoms with Gasteiger partial charge in [0.15, 0.2) is 10.9 Å². The van der Waals surface area contributed by atoms with Crippen LogP contribution in [0.3, 0.4) is 0 Å². The van der Waals surface area contributed by atoms with Crippen LogP contribution >= 0.6 is 11.3 Å². The van der Waals surface area contributed by atoms with Crippen LogP contribution in [-0.4, -0.2) is 71.4 Å². The number of pyridine rings is 1. The van der Waals surface area contributed by atoms with Gasteiger partial charge in [0.05, 0.1) is 36.8 Å². The Labute approximate surface area is 196 Å². The summed E-state index contributed by atoms with van der Waals surface area (Å²) in [6.07, 6.45) is 4.62. The van der Waals surface area contributed by atoms with E-state index in [2.05, 4.69) is 25.1 Å². The number of thiazole rings is 1. The smallest absolute Gasteiger partial charge is 0.259 e. The van der Waals surface area contributed by atoms with Crippen LogP contribution in [0.25, 0.3) is 11.5 Å². The zero-order valence-corrected chi connectivity index (χ0v) is 19.1. The van der Waals surface area contributed by atoms with Crippen molar-refractivity contribution in [2.24, 2.45) is 0 Å². The van der Waals surface area contributed by atoms with Crippen LogP contribution in [0.5, 0.6) is 0 Å². The van der Waals surface area contributed by atoms with Gasteiger partial charge in [0.25, 0.3) is 5.91 Å². The van der Waals surface area contributed by atoms with Crippen LogP contribution in [0, 0.1) is 0 Å². The van der Waals surface area contributed by atoms with Crippen molar-refractivity contribution in [2.75, 3.05) is 49.6 Å². The summed E-state index contributed by atoms with van der Waals surface area (Å²) in [6.45, 7) is 5.30. The summed E-state index contributed by atoms with van der Waals surface area (Å²) in [5.74, 6) is 0.424. The van der Waals surface area contributed by atoms with Crippen LogP contribution < -0.4 is 10.2 Å². The van der Waals surface area contributed by atoms with Gasteiger partial charge in [0.2, 0.25) is 0 Å². The van der Waals surface area contributed by atoms with Crippen molar-refractivity contribution in [1.29, 1.82) is 0 Å². The minimum Gasteiger partial charge on any atom is -0.463 e. The number of aliphatic hydroxyl groups is 1. The number of amides is 1. The lowest BCUT2D eigenvalue weighted by molar-refractivity contribution is 0.0786. The second-order valence-electron chi connectivity index (χ2n) is 8.25. The highest BCUT2D eigenvalue weighted by molar-refractivity contribution is 7.20. The van der Waals surface area contributed by atoms with Gasteiger partial charge in [-0.05, 0) is 37.1 Å². The first-order chi connectivity index (χ1) is 16.2. The Balaban J connectivity index is 1.27. The number of carbonyl (C=O) groups excluding carboxylic acids is 1. The van der Waals surface area contributed by atoms with Gasteiger partial charge in [-0.3, -0.25) is 20.0 Å². The van der Waals surface area contributed by atoms with E-state index in [1.807, 2.05) is 18.2 Å². The number of hydrogen-bond donors (Lipinski definition) is 2. The fourth-order valence-electron chi connectivity index (χ4n) is 4.05. The van der Waals surface area contributed by atoms with Crippen LogP contribution in [0.1, 0.15) is 28.9 Å². The molecule has 2 saturated heterocycles. The van der Waals surface area contributed by atoms with E-state index < -0.39 is 0 Å². The number of rotatable bonds is 6. The molecule has 10 heteroatoms. The summed E-state index contributed by atoms with van der Waals surface area (Å²) in [6, 6.07) is 7.38. The number of hydrogen-bond acceptors (Lipinski definition) is 9. The van der Waals surface area contributed by atoms with E-state index in [1.54, 1.807) is 18.5 Å². The lowest BCUT2D eigenvalue weighted by Gasteiger charge is -2.29. The van der Waals surface area contributed by atoms with Crippen molar-refractivity contribution in [3.8, 4) is 11.5 Å². The summed E-state index contributed by atoms with van der Waals surface area (Å²) < 4.78 is 11.1. The molecule has 0 bridgehead atoms. The topological polar surface area (TPSA) is 104 Å². The van der Waals surface area contributed by atoms with Gasteiger partial charge in [-0.1, -0.05) is 11.3 Å². The Morgan fingerprint density at radius 2 is 2.00 bits per heavy atom. The molecule has 3 aromatic heterocycles. The largest absolute Gasteiger partial charge is 0.463 e. The lowest BCUT2D eigenvalue weighted by Crippen LogP contribution is -2.35. The highest BCUT2D eigenvalue weighted by atomic mass is 32.1. The van der Waals surface area contributed by atoms with E-state index in [1.165, 1.54) is 11.3 Å². The van der Waals surface area contributed by atoms with E-state index in [-0.39, 0.29) is 12.0 Å². The first-order valence-electron chi connectivity index (χ1n) is 11.2. The van der Waals surface area contributed by atoms with Crippen molar-refractivity contribution in [3.63, 3.8) is 0 Å². The molecule has 0 aliphatic carbocycles. The molecule has 5 rings (SSSR count). The van der Waals surface area contributed by atoms with Gasteiger partial charge >= 0.3 is 0 Å². The predicted octanol–water partition coefficient (Wildman–Crippen LogP) is 2.84. The van der Waals surface area contributed by atoms with Crippen LogP contribution in [0.4, 0.5) is 10.1 Å². The highest BCUT2D eigenvalue weighted by Gasteiger charge is 2.23. The standard InChI is InChI=1S/C23H27N5O4S/c29-18-5-7-27(8-6-18)15-17-4-3-16(14-24-17)21(30)26-23-25-20(19-2-1-11-32-19)22(33-23)28-9-12-31-13-10-28/h1-4,11,14,18,29H,5-10,12-13,15H2,(H,25,26,30). The number of nitrogens with one attached hydrogen (secondary N) is 1. The molecule has 2 aliphatic heterocycles. The Kier molecular flexibility index (Phi) is 6.68. The van der Waals surface area contributed by atoms with E-state index in [0.717, 1.165) is 62.0 Å². The molecule has 1 amide bonds. The lowest BCUT2D eigenvalue weighted by atomic mass is 10.1. The fraction of sp³-hybridized carbons (Fsp3) is 0.435. The number of ether oxygens (including phenoxy) is 1. The summed E-state index contributed by atoms with van der Waals surface area (Å²) in [4.78, 5) is 26.5. The zero-order valence-electron chi connectivity index (χ0n) is 18.3. The summed E-state index contributed by atoms with van der Waals surface area (Å²) in [5, 5.41) is 14.0. The molecule has 0 atom stereocenters. The van der Waals surface area contributed by atoms with Crippen LogP contribution in [0.15, 0.2) is 41.1 Å². The van der Waals surface area contributed by atoms with Gasteiger partial charge in [-0.15, -0.1) is 0 Å². The van der Waals surface area contributed by atoms with Crippen molar-refractivity contribution in [2.45, 2.75) is 25.5 Å². The second kappa shape index (κ2) is 10.0. The second-order valence-corrected chi connectivity index (χ2v) is 9.23. The third-order valence-corrected chi connectivity index (χ3v) is 6.94. The summed E-state index contributed by atoms with van der Waals surface area (Å²) in [7, 11) is 0. The Bertz CT molecular complexity index is 1060. The van der Waals surface area contributed by atoms with E-state index in [4.69, 9.17) is 9.15 Å². The molecule has 0 unspecified atom stereocenters. The third kappa shape index (κ3) is 5.25. The molecule has 174 valence electrons. The molecular formula is C23H27N5O4S. The average Bonchev–Trinajstić information content (AvgIpc) is 3.52. The molecule has 0 spiro atoms. The molecule has 5 heterocycles. The number of likely N-dealkylation sites (tertiary alicyclic amines) is 1. The number of carbonyl (C=O) groups is 1. The number of furan rings is 1. The summed E-state index contributed by atoms with van der Waals surface area (Å²) >= 11 is 1.43. The molecule has 9 nitrogen and oxygen atoms in total. The highest BCUT2D eigenvalue weighted by Crippen LogP contribution is 2.39. The number of piperidine rings is 1. The van der Waals surface area contributed by atoms with Crippen molar-refractivity contribution < 1.29 is 19.1 Å². The average molecular weight is 470 g/mol. The number of aromatic nitrogens is 2. The molecule has 0 saturated carbocycles. The minimum atomic E-state index is -0.247. The van der Waals surface area contributed by atoms with E-state index >= 15 is 0 Å². The van der Waals surface area contributed by atoms with Gasteiger partial charge in [0, 0.05) is 38.9 Å². The molecule has 0 aromatic carbocycles. The maximum absolute atomic E-state index is 12.9. The molecule has 2 N–H and O–H groups in total. The normalized spacial score (nSPS) is 17.9. The van der Waals surface area contributed by atoms with Crippen LogP contribution in [-0.2, 0) is 11.3 Å². The predicted molar refractivity (Wildman–Crippen MR) is 126 cm³/mol. The molecule has 2 fully saturated rings. The fourth-order valence-corrected chi connectivity index (χ4v) is 5.07. The zero-order chi connectivity index (χ0) is 22.6.